The van der Waals surface area contributed by atoms with E-state index in [-0.39, 0.29) is 5.91 Å². The molecule has 1 aromatic rings. The zero-order valence-corrected chi connectivity index (χ0v) is 11.3. The molecule has 1 amide bonds. The second-order valence-corrected chi connectivity index (χ2v) is 4.74. The fourth-order valence-electron chi connectivity index (χ4n) is 1.92. The number of furan rings is 1. The molecular weight excluding hydrogens is 216 g/mol. The van der Waals surface area contributed by atoms with Gasteiger partial charge in [-0.1, -0.05) is 6.92 Å². The molecule has 0 saturated heterocycles. The Kier molecular flexibility index (Phi) is 4.34. The molecule has 4 nitrogen and oxygen atoms in total. The van der Waals surface area contributed by atoms with Crippen LogP contribution in [0.4, 0.5) is 0 Å². The lowest BCUT2D eigenvalue weighted by atomic mass is 10.1. The fourth-order valence-corrected chi connectivity index (χ4v) is 1.92. The number of rotatable bonds is 4. The quantitative estimate of drug-likeness (QED) is 0.871. The molecule has 0 aliphatic carbocycles. The van der Waals surface area contributed by atoms with Gasteiger partial charge in [-0.05, 0) is 33.2 Å². The van der Waals surface area contributed by atoms with Gasteiger partial charge in [0.05, 0.1) is 5.56 Å². The van der Waals surface area contributed by atoms with E-state index in [4.69, 9.17) is 10.2 Å². The van der Waals surface area contributed by atoms with Crippen LogP contribution >= 0.6 is 0 Å². The van der Waals surface area contributed by atoms with Crippen molar-refractivity contribution in [1.82, 2.24) is 4.90 Å². The maximum absolute atomic E-state index is 12.3. The first-order valence-corrected chi connectivity index (χ1v) is 5.90. The normalized spacial score (nSPS) is 12.6. The molecule has 0 aromatic carbocycles. The summed E-state index contributed by atoms with van der Waals surface area (Å²) in [4.78, 5) is 14.0. The van der Waals surface area contributed by atoms with Gasteiger partial charge >= 0.3 is 0 Å². The van der Waals surface area contributed by atoms with Crippen LogP contribution in [0.5, 0.6) is 0 Å². The number of hydrogen-bond donors (Lipinski definition) is 1. The zero-order valence-electron chi connectivity index (χ0n) is 11.3. The first-order chi connectivity index (χ1) is 7.88. The molecule has 0 saturated carbocycles. The van der Waals surface area contributed by atoms with Crippen molar-refractivity contribution in [3.05, 3.63) is 22.6 Å². The van der Waals surface area contributed by atoms with E-state index in [0.717, 1.165) is 11.3 Å². The summed E-state index contributed by atoms with van der Waals surface area (Å²) in [5.74, 6) is 1.82. The number of nitrogens with two attached hydrogens (primary N) is 1. The Morgan fingerprint density at radius 3 is 2.35 bits per heavy atom. The van der Waals surface area contributed by atoms with E-state index in [1.54, 1.807) is 11.9 Å². The average Bonchev–Trinajstić information content (AvgIpc) is 2.52. The first kappa shape index (κ1) is 13.8. The van der Waals surface area contributed by atoms with Crippen molar-refractivity contribution >= 4 is 5.91 Å². The van der Waals surface area contributed by atoms with Crippen LogP contribution in [-0.2, 0) is 0 Å². The lowest BCUT2D eigenvalue weighted by Gasteiger charge is -2.20. The van der Waals surface area contributed by atoms with Gasteiger partial charge in [0, 0.05) is 19.2 Å². The summed E-state index contributed by atoms with van der Waals surface area (Å²) in [5, 5.41) is 0. The van der Waals surface area contributed by atoms with E-state index in [9.17, 15) is 4.79 Å². The van der Waals surface area contributed by atoms with Crippen LogP contribution in [0.3, 0.4) is 0 Å². The minimum atomic E-state index is 0.0113. The summed E-state index contributed by atoms with van der Waals surface area (Å²) in [6.45, 7) is 8.90. The molecule has 1 unspecified atom stereocenters. The Bertz CT molecular complexity index is 410. The molecule has 1 aromatic heterocycles. The molecule has 0 bridgehead atoms. The van der Waals surface area contributed by atoms with E-state index in [1.165, 1.54) is 0 Å². The van der Waals surface area contributed by atoms with Gasteiger partial charge in [-0.3, -0.25) is 4.79 Å². The number of carbonyl (C=O) groups excluding carboxylic acids is 1. The van der Waals surface area contributed by atoms with Crippen LogP contribution in [0.2, 0.25) is 0 Å². The highest BCUT2D eigenvalue weighted by Crippen LogP contribution is 2.22. The maximum atomic E-state index is 12.3. The van der Waals surface area contributed by atoms with Crippen molar-refractivity contribution in [3.8, 4) is 0 Å². The molecule has 17 heavy (non-hydrogen) atoms. The number of aryl methyl sites for hydroxylation is 2. The maximum Gasteiger partial charge on any atom is 0.257 e. The molecule has 1 heterocycles. The van der Waals surface area contributed by atoms with Gasteiger partial charge in [-0.2, -0.15) is 0 Å². The van der Waals surface area contributed by atoms with Crippen LogP contribution in [0.1, 0.15) is 34.4 Å². The number of amides is 1. The van der Waals surface area contributed by atoms with E-state index < -0.39 is 0 Å². The summed E-state index contributed by atoms with van der Waals surface area (Å²) < 4.78 is 5.48. The molecule has 96 valence electrons. The molecule has 2 N–H and O–H groups in total. The predicted octanol–water partition coefficient (Wildman–Crippen LogP) is 1.87. The lowest BCUT2D eigenvalue weighted by Crippen LogP contribution is -2.33. The van der Waals surface area contributed by atoms with Crippen LogP contribution in [-0.4, -0.2) is 30.9 Å². The minimum Gasteiger partial charge on any atom is -0.466 e. The van der Waals surface area contributed by atoms with E-state index >= 15 is 0 Å². The Labute approximate surface area is 103 Å². The fraction of sp³-hybridized carbons (Fsp3) is 0.615. The Hall–Kier alpha value is -1.29. The van der Waals surface area contributed by atoms with Gasteiger partial charge in [-0.15, -0.1) is 0 Å². The highest BCUT2D eigenvalue weighted by molar-refractivity contribution is 5.96. The molecule has 0 fully saturated rings. The molecule has 4 heteroatoms. The van der Waals surface area contributed by atoms with Crippen molar-refractivity contribution in [3.63, 3.8) is 0 Å². The second kappa shape index (κ2) is 5.36. The third-order valence-corrected chi connectivity index (χ3v) is 3.11. The Balaban J connectivity index is 2.89. The van der Waals surface area contributed by atoms with Gasteiger partial charge < -0.3 is 15.1 Å². The van der Waals surface area contributed by atoms with Crippen molar-refractivity contribution < 1.29 is 9.21 Å². The highest BCUT2D eigenvalue weighted by Gasteiger charge is 2.22. The third-order valence-electron chi connectivity index (χ3n) is 3.11. The number of hydrogen-bond acceptors (Lipinski definition) is 3. The van der Waals surface area contributed by atoms with Gasteiger partial charge in [0.1, 0.15) is 11.5 Å². The topological polar surface area (TPSA) is 59.5 Å². The van der Waals surface area contributed by atoms with Crippen molar-refractivity contribution in [1.29, 1.82) is 0 Å². The van der Waals surface area contributed by atoms with E-state index in [2.05, 4.69) is 0 Å². The van der Waals surface area contributed by atoms with Crippen molar-refractivity contribution in [2.45, 2.75) is 27.7 Å². The van der Waals surface area contributed by atoms with Crippen LogP contribution in [0.25, 0.3) is 0 Å². The monoisotopic (exact) mass is 238 g/mol. The average molecular weight is 238 g/mol. The molecule has 1 rings (SSSR count). The third kappa shape index (κ3) is 2.88. The standard InChI is InChI=1S/C13H22N2O2/c1-8(6-14)7-15(5)13(16)12-9(2)10(3)17-11(12)4/h8H,6-7,14H2,1-5H3. The first-order valence-electron chi connectivity index (χ1n) is 5.90. The SMILES string of the molecule is Cc1oc(C)c(C(=O)N(C)CC(C)CN)c1C. The molecular formula is C13H22N2O2. The van der Waals surface area contributed by atoms with Crippen molar-refractivity contribution in [2.24, 2.45) is 11.7 Å². The van der Waals surface area contributed by atoms with Crippen LogP contribution in [0.15, 0.2) is 4.42 Å². The van der Waals surface area contributed by atoms with E-state index in [1.807, 2.05) is 27.7 Å². The minimum absolute atomic E-state index is 0.0113. The summed E-state index contributed by atoms with van der Waals surface area (Å²) in [5.41, 5.74) is 7.19. The smallest absolute Gasteiger partial charge is 0.257 e. The van der Waals surface area contributed by atoms with Gasteiger partial charge in [0.15, 0.2) is 0 Å². The predicted molar refractivity (Wildman–Crippen MR) is 68.1 cm³/mol. The highest BCUT2D eigenvalue weighted by atomic mass is 16.3. The summed E-state index contributed by atoms with van der Waals surface area (Å²) >= 11 is 0. The molecule has 0 aliphatic rings. The van der Waals surface area contributed by atoms with Gasteiger partial charge in [0.25, 0.3) is 5.91 Å². The van der Waals surface area contributed by atoms with Crippen molar-refractivity contribution in [2.75, 3.05) is 20.1 Å². The summed E-state index contributed by atoms with van der Waals surface area (Å²) in [6.07, 6.45) is 0. The second-order valence-electron chi connectivity index (χ2n) is 4.74. The van der Waals surface area contributed by atoms with Crippen LogP contribution < -0.4 is 5.73 Å². The molecule has 0 radical (unpaired) electrons. The summed E-state index contributed by atoms with van der Waals surface area (Å²) in [6, 6.07) is 0. The number of carbonyl (C=O) groups is 1. The van der Waals surface area contributed by atoms with Gasteiger partial charge in [0.2, 0.25) is 0 Å². The summed E-state index contributed by atoms with van der Waals surface area (Å²) in [7, 11) is 1.80. The molecule has 0 spiro atoms. The van der Waals surface area contributed by atoms with E-state index in [0.29, 0.717) is 30.3 Å². The van der Waals surface area contributed by atoms with Gasteiger partial charge in [-0.25, -0.2) is 0 Å². The largest absolute Gasteiger partial charge is 0.466 e. The number of nitrogens with zero attached hydrogens (tertiary/aromatic N) is 1. The zero-order chi connectivity index (χ0) is 13.2. The Morgan fingerprint density at radius 1 is 1.35 bits per heavy atom. The lowest BCUT2D eigenvalue weighted by molar-refractivity contribution is 0.0775. The van der Waals surface area contributed by atoms with Crippen LogP contribution in [0, 0.1) is 26.7 Å². The molecule has 0 aliphatic heterocycles. The molecule has 1 atom stereocenters. The Morgan fingerprint density at radius 2 is 1.94 bits per heavy atom.